The summed E-state index contributed by atoms with van der Waals surface area (Å²) in [6, 6.07) is 0. The molecule has 0 heterocycles. The first kappa shape index (κ1) is 77.2. The Morgan fingerprint density at radius 1 is 0.253 bits per heavy atom. The van der Waals surface area contributed by atoms with Crippen molar-refractivity contribution in [1.82, 2.24) is 0 Å². The molecule has 0 rings (SSSR count). The van der Waals surface area contributed by atoms with Crippen LogP contribution >= 0.6 is 0 Å². The molecule has 0 saturated heterocycles. The number of unbranched alkanes of at least 4 members (excludes halogenated alkanes) is 14. The van der Waals surface area contributed by atoms with Gasteiger partial charge in [0.25, 0.3) is 0 Å². The minimum atomic E-state index is -0.839. The van der Waals surface area contributed by atoms with Gasteiger partial charge in [-0.1, -0.05) is 292 Å². The average Bonchev–Trinajstić information content (AvgIpc) is 3.48. The number of carbonyl (C=O) groups excluding carboxylic acids is 3. The van der Waals surface area contributed by atoms with Crippen LogP contribution in [0.15, 0.2) is 194 Å². The molecule has 6 nitrogen and oxygen atoms in total. The lowest BCUT2D eigenvalue weighted by Crippen LogP contribution is -2.30. The summed E-state index contributed by atoms with van der Waals surface area (Å²) in [7, 11) is 0. The first-order valence-corrected chi connectivity index (χ1v) is 32.9. The van der Waals surface area contributed by atoms with Crippen LogP contribution in [0.4, 0.5) is 0 Å². The first-order chi connectivity index (χ1) is 41.0. The maximum absolute atomic E-state index is 12.9. The number of ether oxygens (including phenoxy) is 3. The largest absolute Gasteiger partial charge is 0.462 e. The van der Waals surface area contributed by atoms with Crippen LogP contribution < -0.4 is 0 Å². The van der Waals surface area contributed by atoms with Gasteiger partial charge >= 0.3 is 17.9 Å². The molecule has 0 radical (unpaired) electrons. The molecule has 1 unspecified atom stereocenters. The molecule has 0 saturated carbocycles. The molecule has 462 valence electrons. The van der Waals surface area contributed by atoms with Gasteiger partial charge in [0.2, 0.25) is 0 Å². The van der Waals surface area contributed by atoms with E-state index in [4.69, 9.17) is 14.2 Å². The fourth-order valence-electron chi connectivity index (χ4n) is 8.26. The third-order valence-electron chi connectivity index (χ3n) is 13.1. The summed E-state index contributed by atoms with van der Waals surface area (Å²) in [5.74, 6) is -1.04. The van der Waals surface area contributed by atoms with Crippen molar-refractivity contribution in [2.24, 2.45) is 0 Å². The van der Waals surface area contributed by atoms with E-state index < -0.39 is 12.1 Å². The van der Waals surface area contributed by atoms with Gasteiger partial charge < -0.3 is 14.2 Å². The Balaban J connectivity index is 4.41. The zero-order chi connectivity index (χ0) is 59.9. The molecule has 1 atom stereocenters. The Bertz CT molecular complexity index is 1990. The summed E-state index contributed by atoms with van der Waals surface area (Å²) >= 11 is 0. The third-order valence-corrected chi connectivity index (χ3v) is 13.1. The summed E-state index contributed by atoms with van der Waals surface area (Å²) in [6.45, 7) is 6.31. The second kappa shape index (κ2) is 68.7. The van der Waals surface area contributed by atoms with Crippen LogP contribution in [0.3, 0.4) is 0 Å². The normalized spacial score (nSPS) is 13.4. The monoisotopic (exact) mass is 1140 g/mol. The van der Waals surface area contributed by atoms with Crippen molar-refractivity contribution in [3.63, 3.8) is 0 Å². The molecule has 83 heavy (non-hydrogen) atoms. The highest BCUT2D eigenvalue weighted by molar-refractivity contribution is 5.71. The number of hydrogen-bond acceptors (Lipinski definition) is 6. The van der Waals surface area contributed by atoms with Gasteiger partial charge in [0.15, 0.2) is 6.10 Å². The molecule has 0 amide bonds. The number of esters is 3. The summed E-state index contributed by atoms with van der Waals surface area (Å²) in [4.78, 5) is 38.2. The lowest BCUT2D eigenvalue weighted by molar-refractivity contribution is -0.166. The van der Waals surface area contributed by atoms with E-state index in [-0.39, 0.29) is 31.6 Å². The fourth-order valence-corrected chi connectivity index (χ4v) is 8.26. The van der Waals surface area contributed by atoms with Crippen molar-refractivity contribution in [3.05, 3.63) is 194 Å². The average molecular weight is 1140 g/mol. The van der Waals surface area contributed by atoms with Crippen LogP contribution in [0.1, 0.15) is 252 Å². The van der Waals surface area contributed by atoms with Crippen molar-refractivity contribution in [2.75, 3.05) is 13.2 Å². The van der Waals surface area contributed by atoms with Crippen molar-refractivity contribution in [2.45, 2.75) is 258 Å². The van der Waals surface area contributed by atoms with Crippen molar-refractivity contribution in [1.29, 1.82) is 0 Å². The molecule has 0 aromatic heterocycles. The Kier molecular flexibility index (Phi) is 64.0. The summed E-state index contributed by atoms with van der Waals surface area (Å²) in [5.41, 5.74) is 0. The minimum absolute atomic E-state index is 0.124. The predicted octanol–water partition coefficient (Wildman–Crippen LogP) is 23.0. The Labute approximate surface area is 509 Å². The molecule has 0 bridgehead atoms. The number of hydrogen-bond donors (Lipinski definition) is 0. The zero-order valence-electron chi connectivity index (χ0n) is 52.9. The number of allylic oxidation sites excluding steroid dienone is 32. The van der Waals surface area contributed by atoms with Crippen molar-refractivity contribution < 1.29 is 28.6 Å². The minimum Gasteiger partial charge on any atom is -0.462 e. The van der Waals surface area contributed by atoms with Crippen LogP contribution in [-0.4, -0.2) is 37.2 Å². The highest BCUT2D eigenvalue weighted by atomic mass is 16.6. The van der Waals surface area contributed by atoms with Gasteiger partial charge in [-0.15, -0.1) is 0 Å². The molecule has 0 aliphatic heterocycles. The topological polar surface area (TPSA) is 78.9 Å². The van der Waals surface area contributed by atoms with Gasteiger partial charge in [0.05, 0.1) is 0 Å². The van der Waals surface area contributed by atoms with E-state index in [9.17, 15) is 14.4 Å². The van der Waals surface area contributed by atoms with Crippen LogP contribution in [-0.2, 0) is 28.6 Å². The zero-order valence-corrected chi connectivity index (χ0v) is 52.9. The Hall–Kier alpha value is -5.75. The van der Waals surface area contributed by atoms with E-state index in [1.54, 1.807) is 0 Å². The lowest BCUT2D eigenvalue weighted by Gasteiger charge is -2.18. The maximum Gasteiger partial charge on any atom is 0.306 e. The van der Waals surface area contributed by atoms with Crippen molar-refractivity contribution >= 4 is 17.9 Å². The van der Waals surface area contributed by atoms with E-state index in [2.05, 4.69) is 203 Å². The van der Waals surface area contributed by atoms with Gasteiger partial charge in [-0.05, 0) is 135 Å². The molecular formula is C77H118O6. The fraction of sp³-hybridized carbons (Fsp3) is 0.545. The highest BCUT2D eigenvalue weighted by Crippen LogP contribution is 2.14. The smallest absolute Gasteiger partial charge is 0.306 e. The summed E-state index contributed by atoms with van der Waals surface area (Å²) in [5, 5.41) is 0. The van der Waals surface area contributed by atoms with Crippen molar-refractivity contribution in [3.8, 4) is 0 Å². The Morgan fingerprint density at radius 2 is 0.494 bits per heavy atom. The van der Waals surface area contributed by atoms with Gasteiger partial charge in [0.1, 0.15) is 13.2 Å². The van der Waals surface area contributed by atoms with E-state index >= 15 is 0 Å². The first-order valence-electron chi connectivity index (χ1n) is 32.9. The van der Waals surface area contributed by atoms with Crippen LogP contribution in [0.2, 0.25) is 0 Å². The quantitative estimate of drug-likeness (QED) is 0.0261. The Morgan fingerprint density at radius 3 is 0.783 bits per heavy atom. The molecule has 0 N–H and O–H groups in total. The van der Waals surface area contributed by atoms with Gasteiger partial charge in [0, 0.05) is 19.3 Å². The standard InChI is InChI=1S/C77H118O6/c1-4-7-10-13-16-19-22-24-26-28-30-31-32-33-34-35-36-37-38-39-40-41-42-43-44-45-47-48-50-52-55-58-61-64-67-70-76(79)82-73-74(72-81-75(78)69-66-63-60-57-54-21-18-15-12-9-6-3)83-77(80)71-68-65-62-59-56-53-51-49-46-29-27-25-23-20-17-14-11-8-5-2/h7-8,10-11,16-17,19-20,24-27,30-31,33-34,36-37,39-40,42-43,45-47,49-50,52-53,56,62,65,74H,4-6,9,12-15,18,21-23,28-29,32,35,38,41,44,48,51,54-55,57-61,63-64,66-73H2,1-3H3/b10-7-,11-8-,19-16-,20-17-,26-24-,27-25-,31-30-,34-33-,37-36-,40-39-,43-42-,47-45-,49-46-,52-50-,56-53-,65-62-. The third kappa shape index (κ3) is 66.9. The van der Waals surface area contributed by atoms with E-state index in [1.165, 1.54) is 51.4 Å². The van der Waals surface area contributed by atoms with Crippen LogP contribution in [0.25, 0.3) is 0 Å². The number of carbonyl (C=O) groups is 3. The molecule has 0 aliphatic carbocycles. The molecule has 0 aliphatic rings. The van der Waals surface area contributed by atoms with Gasteiger partial charge in [-0.3, -0.25) is 14.4 Å². The van der Waals surface area contributed by atoms with Gasteiger partial charge in [-0.2, -0.15) is 0 Å². The highest BCUT2D eigenvalue weighted by Gasteiger charge is 2.19. The van der Waals surface area contributed by atoms with Gasteiger partial charge in [-0.25, -0.2) is 0 Å². The molecular weight excluding hydrogens is 1020 g/mol. The molecule has 0 fully saturated rings. The maximum atomic E-state index is 12.9. The molecule has 0 aromatic rings. The predicted molar refractivity (Wildman–Crippen MR) is 361 cm³/mol. The summed E-state index contributed by atoms with van der Waals surface area (Å²) in [6.07, 6.45) is 105. The SMILES string of the molecule is CC/C=C\C/C=C\C/C=C\C/C=C\C/C=C\C/C=C\C/C=C\C/C=C\C/C=C\C/C=C\CCCCCCC(=O)OCC(COC(=O)CCCCCCCCCCCCC)OC(=O)CC/C=C\C/C=C\C/C=C\C/C=C\C/C=C\C/C=C\CC. The molecule has 0 spiro atoms. The second-order valence-corrected chi connectivity index (χ2v) is 20.9. The number of rotatable bonds is 57. The van der Waals surface area contributed by atoms with E-state index in [0.29, 0.717) is 19.3 Å². The molecule has 6 heteroatoms. The summed E-state index contributed by atoms with van der Waals surface area (Å²) < 4.78 is 16.8. The van der Waals surface area contributed by atoms with E-state index in [1.807, 2.05) is 12.2 Å². The van der Waals surface area contributed by atoms with Crippen LogP contribution in [0, 0.1) is 0 Å². The van der Waals surface area contributed by atoms with Crippen LogP contribution in [0.5, 0.6) is 0 Å². The lowest BCUT2D eigenvalue weighted by atomic mass is 10.1. The second-order valence-electron chi connectivity index (χ2n) is 20.9. The van der Waals surface area contributed by atoms with E-state index in [0.717, 1.165) is 154 Å². The molecule has 0 aromatic carbocycles.